The molecule has 0 spiro atoms. The van der Waals surface area contributed by atoms with E-state index in [2.05, 4.69) is 19.5 Å². The van der Waals surface area contributed by atoms with Gasteiger partial charge in [-0.3, -0.25) is 18.9 Å². The van der Waals surface area contributed by atoms with Gasteiger partial charge in [0.15, 0.2) is 17.4 Å². The fourth-order valence-electron chi connectivity index (χ4n) is 2.51. The summed E-state index contributed by atoms with van der Waals surface area (Å²) in [4.78, 5) is 39.6. The standard InChI is InChI=1S/C10H14N5O8P/c11-10-13-7-4(8(18)14-10)12-2-15(7)9-5(17)6(3(1-16)22-9)23-24(19,20)21/h2-3,5-6,9,16-17H,1H2,(H2,19,20,21)(H3,11,13,14,18)/t3-,5-,6+,9+/m0/s1. The van der Waals surface area contributed by atoms with Crippen molar-refractivity contribution >= 4 is 24.9 Å². The number of hydrogen-bond acceptors (Lipinski definition) is 9. The first kappa shape index (κ1) is 17.0. The van der Waals surface area contributed by atoms with Crippen molar-refractivity contribution < 1.29 is 33.8 Å². The predicted molar refractivity (Wildman–Crippen MR) is 76.5 cm³/mol. The third kappa shape index (κ3) is 2.93. The number of nitrogens with zero attached hydrogens (tertiary/aromatic N) is 3. The Morgan fingerprint density at radius 3 is 2.83 bits per heavy atom. The first-order valence-corrected chi connectivity index (χ1v) is 8.15. The van der Waals surface area contributed by atoms with E-state index in [1.54, 1.807) is 0 Å². The fraction of sp³-hybridized carbons (Fsp3) is 0.500. The summed E-state index contributed by atoms with van der Waals surface area (Å²) >= 11 is 0. The average Bonchev–Trinajstić information content (AvgIpc) is 3.00. The van der Waals surface area contributed by atoms with Crippen LogP contribution >= 0.6 is 7.82 Å². The average molecular weight is 363 g/mol. The lowest BCUT2D eigenvalue weighted by molar-refractivity contribution is -0.0509. The van der Waals surface area contributed by atoms with Gasteiger partial charge in [-0.25, -0.2) is 9.55 Å². The van der Waals surface area contributed by atoms with Crippen LogP contribution in [0.3, 0.4) is 0 Å². The van der Waals surface area contributed by atoms with E-state index in [0.717, 1.165) is 10.9 Å². The third-order valence-corrected chi connectivity index (χ3v) is 3.99. The molecule has 3 heterocycles. The lowest BCUT2D eigenvalue weighted by Gasteiger charge is -2.20. The van der Waals surface area contributed by atoms with E-state index < -0.39 is 44.5 Å². The Hall–Kier alpha value is -1.86. The minimum absolute atomic E-state index is 0.00572. The van der Waals surface area contributed by atoms with Gasteiger partial charge in [0.25, 0.3) is 5.56 Å². The van der Waals surface area contributed by atoms with Crippen molar-refractivity contribution in [2.45, 2.75) is 24.5 Å². The highest BCUT2D eigenvalue weighted by atomic mass is 31.2. The highest BCUT2D eigenvalue weighted by molar-refractivity contribution is 7.46. The van der Waals surface area contributed by atoms with Gasteiger partial charge in [-0.2, -0.15) is 4.98 Å². The molecule has 0 saturated carbocycles. The summed E-state index contributed by atoms with van der Waals surface area (Å²) in [5.74, 6) is -0.191. The lowest BCUT2D eigenvalue weighted by atomic mass is 10.1. The summed E-state index contributed by atoms with van der Waals surface area (Å²) in [6.45, 7) is -0.666. The van der Waals surface area contributed by atoms with E-state index >= 15 is 0 Å². The molecule has 2 aromatic heterocycles. The maximum atomic E-state index is 11.8. The highest BCUT2D eigenvalue weighted by Gasteiger charge is 2.48. The summed E-state index contributed by atoms with van der Waals surface area (Å²) in [6, 6.07) is 0. The number of aliphatic hydroxyl groups excluding tert-OH is 2. The van der Waals surface area contributed by atoms with Gasteiger partial charge >= 0.3 is 7.82 Å². The van der Waals surface area contributed by atoms with E-state index in [4.69, 9.17) is 20.3 Å². The van der Waals surface area contributed by atoms with Gasteiger partial charge in [-0.15, -0.1) is 0 Å². The quantitative estimate of drug-likeness (QED) is 0.311. The zero-order valence-electron chi connectivity index (χ0n) is 11.9. The number of aromatic nitrogens is 4. The number of phosphoric ester groups is 1. The number of ether oxygens (including phenoxy) is 1. The molecule has 0 aromatic carbocycles. The minimum Gasteiger partial charge on any atom is -0.394 e. The second-order valence-corrected chi connectivity index (χ2v) is 6.27. The molecule has 13 nitrogen and oxygen atoms in total. The van der Waals surface area contributed by atoms with Crippen molar-refractivity contribution in [2.75, 3.05) is 12.3 Å². The predicted octanol–water partition coefficient (Wildman–Crippen LogP) is -2.57. The maximum absolute atomic E-state index is 11.8. The second kappa shape index (κ2) is 5.89. The van der Waals surface area contributed by atoms with Crippen LogP contribution in [0.4, 0.5) is 5.95 Å². The van der Waals surface area contributed by atoms with Crippen molar-refractivity contribution in [2.24, 2.45) is 0 Å². The Balaban J connectivity index is 2.01. The largest absolute Gasteiger partial charge is 0.470 e. The maximum Gasteiger partial charge on any atom is 0.470 e. The monoisotopic (exact) mass is 363 g/mol. The Kier molecular flexibility index (Phi) is 4.17. The molecule has 0 unspecified atom stereocenters. The van der Waals surface area contributed by atoms with E-state index in [9.17, 15) is 19.6 Å². The molecule has 2 aromatic rings. The molecule has 1 saturated heterocycles. The molecule has 0 bridgehead atoms. The summed E-state index contributed by atoms with van der Waals surface area (Å²) in [5, 5.41) is 19.6. The van der Waals surface area contributed by atoms with Gasteiger partial charge in [-0.1, -0.05) is 0 Å². The molecule has 0 aliphatic carbocycles. The molecule has 24 heavy (non-hydrogen) atoms. The van der Waals surface area contributed by atoms with Gasteiger partial charge in [0.1, 0.15) is 18.3 Å². The van der Waals surface area contributed by atoms with Crippen LogP contribution in [0, 0.1) is 0 Å². The number of nitrogens with one attached hydrogen (secondary N) is 1. The number of rotatable bonds is 4. The lowest BCUT2D eigenvalue weighted by Crippen LogP contribution is -2.35. The Morgan fingerprint density at radius 2 is 2.21 bits per heavy atom. The molecule has 0 amide bonds. The molecule has 1 aliphatic rings. The molecule has 7 N–H and O–H groups in total. The van der Waals surface area contributed by atoms with Crippen molar-refractivity contribution in [3.05, 3.63) is 16.7 Å². The van der Waals surface area contributed by atoms with Crippen molar-refractivity contribution in [3.63, 3.8) is 0 Å². The summed E-state index contributed by atoms with van der Waals surface area (Å²) < 4.78 is 22.0. The highest BCUT2D eigenvalue weighted by Crippen LogP contribution is 2.43. The van der Waals surface area contributed by atoms with Crippen LogP contribution in [-0.2, 0) is 13.8 Å². The van der Waals surface area contributed by atoms with Crippen LogP contribution in [0.15, 0.2) is 11.1 Å². The molecular weight excluding hydrogens is 349 g/mol. The van der Waals surface area contributed by atoms with Crippen LogP contribution in [-0.4, -0.2) is 64.4 Å². The Bertz CT molecular complexity index is 861. The number of nitrogen functional groups attached to an aromatic ring is 1. The van der Waals surface area contributed by atoms with Crippen molar-refractivity contribution in [1.82, 2.24) is 19.5 Å². The summed E-state index contributed by atoms with van der Waals surface area (Å²) in [6.07, 6.45) is -4.40. The first-order valence-electron chi connectivity index (χ1n) is 6.62. The zero-order valence-corrected chi connectivity index (χ0v) is 12.8. The number of H-pyrrole nitrogens is 1. The van der Waals surface area contributed by atoms with Crippen LogP contribution in [0.5, 0.6) is 0 Å². The molecule has 4 atom stereocenters. The number of phosphoric acid groups is 1. The van der Waals surface area contributed by atoms with Crippen LogP contribution in [0.1, 0.15) is 6.23 Å². The van der Waals surface area contributed by atoms with Crippen LogP contribution < -0.4 is 11.3 Å². The SMILES string of the molecule is Nc1nc2c(ncn2[C@@H]2O[C@@H](CO)[C@@H](OP(=O)(O)O)[C@@H]2O)c(=O)[nH]1. The molecule has 1 aliphatic heterocycles. The fourth-order valence-corrected chi connectivity index (χ4v) is 3.09. The second-order valence-electron chi connectivity index (χ2n) is 5.07. The normalized spacial score (nSPS) is 27.8. The minimum atomic E-state index is -4.94. The van der Waals surface area contributed by atoms with Gasteiger partial charge in [0.2, 0.25) is 5.95 Å². The zero-order chi connectivity index (χ0) is 17.6. The van der Waals surface area contributed by atoms with E-state index in [1.165, 1.54) is 0 Å². The van der Waals surface area contributed by atoms with Gasteiger partial charge < -0.3 is 30.5 Å². The summed E-state index contributed by atoms with van der Waals surface area (Å²) in [7, 11) is -4.94. The first-order chi connectivity index (χ1) is 11.2. The number of anilines is 1. The Labute approximate surface area is 132 Å². The molecular formula is C10H14N5O8P. The Morgan fingerprint density at radius 1 is 1.50 bits per heavy atom. The number of nitrogens with two attached hydrogens (primary N) is 1. The summed E-state index contributed by atoms with van der Waals surface area (Å²) in [5.41, 5.74) is 4.79. The number of hydrogen-bond donors (Lipinski definition) is 6. The van der Waals surface area contributed by atoms with Crippen molar-refractivity contribution in [3.8, 4) is 0 Å². The molecule has 14 heteroatoms. The van der Waals surface area contributed by atoms with Crippen LogP contribution in [0.25, 0.3) is 11.2 Å². The number of imidazole rings is 1. The van der Waals surface area contributed by atoms with Crippen molar-refractivity contribution in [1.29, 1.82) is 0 Å². The number of aromatic amines is 1. The topological polar surface area (TPSA) is 206 Å². The molecule has 3 rings (SSSR count). The number of aliphatic hydroxyl groups is 2. The molecule has 1 fully saturated rings. The third-order valence-electron chi connectivity index (χ3n) is 3.47. The van der Waals surface area contributed by atoms with Crippen LogP contribution in [0.2, 0.25) is 0 Å². The van der Waals surface area contributed by atoms with E-state index in [-0.39, 0.29) is 17.1 Å². The van der Waals surface area contributed by atoms with E-state index in [1.807, 2.05) is 0 Å². The number of fused-ring (bicyclic) bond motifs is 1. The van der Waals surface area contributed by atoms with Gasteiger partial charge in [0, 0.05) is 0 Å². The van der Waals surface area contributed by atoms with Gasteiger partial charge in [0.05, 0.1) is 12.9 Å². The molecule has 132 valence electrons. The molecule has 0 radical (unpaired) electrons. The van der Waals surface area contributed by atoms with Gasteiger partial charge in [-0.05, 0) is 0 Å². The van der Waals surface area contributed by atoms with E-state index in [0.29, 0.717) is 0 Å². The smallest absolute Gasteiger partial charge is 0.394 e.